The number of hydrogen-bond donors (Lipinski definition) is 2. The molecule has 2 N–H and O–H groups in total. The van der Waals surface area contributed by atoms with Gasteiger partial charge in [-0.15, -0.1) is 0 Å². The molecule has 0 aromatic heterocycles. The Morgan fingerprint density at radius 2 is 1.88 bits per heavy atom. The number of benzene rings is 2. The summed E-state index contributed by atoms with van der Waals surface area (Å²) in [7, 11) is 0. The normalized spacial score (nSPS) is 15.3. The number of carbonyl (C=O) groups is 1. The highest BCUT2D eigenvalue weighted by Gasteiger charge is 2.18. The van der Waals surface area contributed by atoms with Crippen molar-refractivity contribution in [1.82, 2.24) is 0 Å². The molecule has 1 amide bonds. The van der Waals surface area contributed by atoms with Crippen LogP contribution in [0.25, 0.3) is 0 Å². The van der Waals surface area contributed by atoms with Gasteiger partial charge in [0.1, 0.15) is 0 Å². The third-order valence-corrected chi connectivity index (χ3v) is 5.04. The Labute approximate surface area is 151 Å². The van der Waals surface area contributed by atoms with Gasteiger partial charge in [0, 0.05) is 21.4 Å². The van der Waals surface area contributed by atoms with Crippen LogP contribution >= 0.6 is 15.9 Å². The van der Waals surface area contributed by atoms with E-state index in [1.54, 1.807) is 4.90 Å². The second kappa shape index (κ2) is 7.81. The van der Waals surface area contributed by atoms with Crippen LogP contribution in [0.3, 0.4) is 0 Å². The van der Waals surface area contributed by atoms with Gasteiger partial charge in [-0.2, -0.15) is 0 Å². The number of likely N-dealkylation sites (N-methyl/N-ethyl adjacent to an activating group) is 1. The molecule has 4 nitrogen and oxygen atoms in total. The number of piperazine rings is 1. The van der Waals surface area contributed by atoms with Crippen LogP contribution < -0.4 is 15.1 Å². The number of nitrogens with one attached hydrogen (secondary N) is 2. The topological polar surface area (TPSA) is 36.8 Å². The zero-order valence-electron chi connectivity index (χ0n) is 13.9. The average molecular weight is 389 g/mol. The second-order valence-electron chi connectivity index (χ2n) is 6.10. The fourth-order valence-electron chi connectivity index (χ4n) is 3.02. The maximum Gasteiger partial charge on any atom is 0.255 e. The van der Waals surface area contributed by atoms with Crippen LogP contribution in [0.15, 0.2) is 53.0 Å². The quantitative estimate of drug-likeness (QED) is 0.843. The molecule has 1 saturated heterocycles. The van der Waals surface area contributed by atoms with E-state index >= 15 is 0 Å². The SMILES string of the molecule is CC[NH+]1CCN(c2ccc(NC(=O)c3cccc(Br)c3)cc2)CC1. The van der Waals surface area contributed by atoms with Crippen molar-refractivity contribution in [3.05, 3.63) is 58.6 Å². The summed E-state index contributed by atoms with van der Waals surface area (Å²) >= 11 is 3.39. The number of carbonyl (C=O) groups excluding carboxylic acids is 1. The average Bonchev–Trinajstić information content (AvgIpc) is 2.62. The fourth-order valence-corrected chi connectivity index (χ4v) is 3.42. The number of halogens is 1. The van der Waals surface area contributed by atoms with Crippen LogP contribution in [0.2, 0.25) is 0 Å². The molecular weight excluding hydrogens is 366 g/mol. The molecule has 5 heteroatoms. The molecule has 0 aliphatic carbocycles. The molecule has 1 fully saturated rings. The lowest BCUT2D eigenvalue weighted by Crippen LogP contribution is -3.14. The van der Waals surface area contributed by atoms with Crippen LogP contribution in [0.5, 0.6) is 0 Å². The molecule has 1 aliphatic rings. The minimum absolute atomic E-state index is 0.0933. The van der Waals surface area contributed by atoms with Crippen molar-refractivity contribution in [3.8, 4) is 0 Å². The number of hydrogen-bond acceptors (Lipinski definition) is 2. The van der Waals surface area contributed by atoms with Gasteiger partial charge in [0.25, 0.3) is 5.91 Å². The number of rotatable bonds is 4. The highest BCUT2D eigenvalue weighted by atomic mass is 79.9. The molecule has 0 spiro atoms. The summed E-state index contributed by atoms with van der Waals surface area (Å²) < 4.78 is 0.902. The Hall–Kier alpha value is -1.85. The van der Waals surface area contributed by atoms with Crippen molar-refractivity contribution in [3.63, 3.8) is 0 Å². The van der Waals surface area contributed by atoms with Gasteiger partial charge in [-0.05, 0) is 49.4 Å². The molecule has 1 aliphatic heterocycles. The fraction of sp³-hybridized carbons (Fsp3) is 0.316. The van der Waals surface area contributed by atoms with Crippen LogP contribution in [-0.2, 0) is 0 Å². The van der Waals surface area contributed by atoms with E-state index in [9.17, 15) is 4.79 Å². The molecule has 126 valence electrons. The Bertz CT molecular complexity index is 694. The monoisotopic (exact) mass is 388 g/mol. The minimum atomic E-state index is -0.0933. The number of anilines is 2. The summed E-state index contributed by atoms with van der Waals surface area (Å²) in [6.07, 6.45) is 0. The van der Waals surface area contributed by atoms with Crippen molar-refractivity contribution >= 4 is 33.2 Å². The van der Waals surface area contributed by atoms with Crippen LogP contribution in [0.4, 0.5) is 11.4 Å². The van der Waals surface area contributed by atoms with Gasteiger partial charge in [-0.3, -0.25) is 4.79 Å². The summed E-state index contributed by atoms with van der Waals surface area (Å²) in [5.41, 5.74) is 2.69. The molecule has 0 saturated carbocycles. The maximum atomic E-state index is 12.3. The van der Waals surface area contributed by atoms with Crippen LogP contribution in [0, 0.1) is 0 Å². The lowest BCUT2D eigenvalue weighted by Gasteiger charge is -2.33. The van der Waals surface area contributed by atoms with Crippen molar-refractivity contribution < 1.29 is 9.69 Å². The first kappa shape index (κ1) is 17.0. The largest absolute Gasteiger partial charge is 0.360 e. The smallest absolute Gasteiger partial charge is 0.255 e. The summed E-state index contributed by atoms with van der Waals surface area (Å²) in [6.45, 7) is 8.01. The number of amides is 1. The molecule has 1 heterocycles. The first-order valence-electron chi connectivity index (χ1n) is 8.41. The van der Waals surface area contributed by atoms with E-state index in [2.05, 4.69) is 45.2 Å². The molecule has 24 heavy (non-hydrogen) atoms. The van der Waals surface area contributed by atoms with Crippen molar-refractivity contribution in [2.75, 3.05) is 42.9 Å². The van der Waals surface area contributed by atoms with E-state index in [0.717, 1.165) is 23.2 Å². The molecule has 0 radical (unpaired) electrons. The molecule has 2 aromatic carbocycles. The van der Waals surface area contributed by atoms with Crippen LogP contribution in [-0.4, -0.2) is 38.6 Å². The van der Waals surface area contributed by atoms with Gasteiger partial charge in [0.15, 0.2) is 0 Å². The van der Waals surface area contributed by atoms with Gasteiger partial charge in [-0.1, -0.05) is 22.0 Å². The van der Waals surface area contributed by atoms with Gasteiger partial charge in [0.2, 0.25) is 0 Å². The third kappa shape index (κ3) is 4.16. The Morgan fingerprint density at radius 3 is 2.50 bits per heavy atom. The zero-order chi connectivity index (χ0) is 16.9. The number of nitrogens with zero attached hydrogens (tertiary/aromatic N) is 1. The summed E-state index contributed by atoms with van der Waals surface area (Å²) in [4.78, 5) is 16.4. The third-order valence-electron chi connectivity index (χ3n) is 4.55. The number of quaternary nitrogens is 1. The highest BCUT2D eigenvalue weighted by molar-refractivity contribution is 9.10. The Kier molecular flexibility index (Phi) is 5.53. The van der Waals surface area contributed by atoms with Crippen molar-refractivity contribution in [2.45, 2.75) is 6.92 Å². The van der Waals surface area contributed by atoms with Gasteiger partial charge >= 0.3 is 0 Å². The molecule has 3 rings (SSSR count). The maximum absolute atomic E-state index is 12.3. The lowest BCUT2D eigenvalue weighted by atomic mass is 10.2. The zero-order valence-corrected chi connectivity index (χ0v) is 15.5. The summed E-state index contributed by atoms with van der Waals surface area (Å²) in [5.74, 6) is -0.0933. The van der Waals surface area contributed by atoms with E-state index < -0.39 is 0 Å². The van der Waals surface area contributed by atoms with Gasteiger partial charge in [-0.25, -0.2) is 0 Å². The van der Waals surface area contributed by atoms with Gasteiger partial charge in [0.05, 0.1) is 32.7 Å². The molecule has 2 aromatic rings. The molecule has 0 atom stereocenters. The predicted octanol–water partition coefficient (Wildman–Crippen LogP) is 2.43. The highest BCUT2D eigenvalue weighted by Crippen LogP contribution is 2.19. The van der Waals surface area contributed by atoms with E-state index in [4.69, 9.17) is 0 Å². The van der Waals surface area contributed by atoms with E-state index in [1.165, 1.54) is 25.3 Å². The predicted molar refractivity (Wildman–Crippen MR) is 102 cm³/mol. The molecule has 0 bridgehead atoms. The van der Waals surface area contributed by atoms with E-state index in [-0.39, 0.29) is 5.91 Å². The standard InChI is InChI=1S/C19H22BrN3O/c1-2-22-10-12-23(13-11-22)18-8-6-17(7-9-18)21-19(24)15-4-3-5-16(20)14-15/h3-9,14H,2,10-13H2,1H3,(H,21,24)/p+1. The summed E-state index contributed by atoms with van der Waals surface area (Å²) in [6, 6.07) is 15.5. The Morgan fingerprint density at radius 1 is 1.17 bits per heavy atom. The molecule has 0 unspecified atom stereocenters. The first-order valence-corrected chi connectivity index (χ1v) is 9.20. The second-order valence-corrected chi connectivity index (χ2v) is 7.02. The van der Waals surface area contributed by atoms with E-state index in [1.807, 2.05) is 36.4 Å². The van der Waals surface area contributed by atoms with E-state index in [0.29, 0.717) is 5.56 Å². The molecular formula is C19H23BrN3O+. The van der Waals surface area contributed by atoms with Crippen molar-refractivity contribution in [2.24, 2.45) is 0 Å². The summed E-state index contributed by atoms with van der Waals surface area (Å²) in [5, 5.41) is 2.95. The van der Waals surface area contributed by atoms with Crippen molar-refractivity contribution in [1.29, 1.82) is 0 Å². The lowest BCUT2D eigenvalue weighted by molar-refractivity contribution is -0.898. The first-order chi connectivity index (χ1) is 11.7. The van der Waals surface area contributed by atoms with Crippen LogP contribution in [0.1, 0.15) is 17.3 Å². The van der Waals surface area contributed by atoms with Gasteiger partial charge < -0.3 is 15.1 Å². The Balaban J connectivity index is 1.61. The minimum Gasteiger partial charge on any atom is -0.360 e.